The number of hydrogen-bond acceptors (Lipinski definition) is 5. The van der Waals surface area contributed by atoms with Gasteiger partial charge >= 0.3 is 0 Å². The predicted octanol–water partition coefficient (Wildman–Crippen LogP) is 5.12. The maximum absolute atomic E-state index is 12.8. The number of pyridine rings is 1. The molecule has 0 amide bonds. The quantitative estimate of drug-likeness (QED) is 0.274. The zero-order valence-corrected chi connectivity index (χ0v) is 16.7. The molecule has 1 unspecified atom stereocenters. The van der Waals surface area contributed by atoms with Crippen molar-refractivity contribution in [1.29, 1.82) is 0 Å². The van der Waals surface area contributed by atoms with Crippen LogP contribution in [0, 0.1) is 13.8 Å². The Balaban J connectivity index is 1.55. The van der Waals surface area contributed by atoms with Gasteiger partial charge in [-0.05, 0) is 44.5 Å². The number of benzene rings is 3. The van der Waals surface area contributed by atoms with Crippen LogP contribution in [-0.2, 0) is 4.84 Å². The van der Waals surface area contributed by atoms with Crippen molar-refractivity contribution in [2.75, 3.05) is 5.43 Å². The molecule has 0 saturated carbocycles. The van der Waals surface area contributed by atoms with E-state index in [0.717, 1.165) is 38.6 Å². The summed E-state index contributed by atoms with van der Waals surface area (Å²) in [4.78, 5) is 23.1. The van der Waals surface area contributed by atoms with E-state index in [1.54, 1.807) is 6.92 Å². The van der Waals surface area contributed by atoms with Gasteiger partial charge in [-0.25, -0.2) is 4.98 Å². The Morgan fingerprint density at radius 2 is 1.55 bits per heavy atom. The van der Waals surface area contributed by atoms with E-state index in [4.69, 9.17) is 9.82 Å². The molecule has 1 heterocycles. The van der Waals surface area contributed by atoms with Gasteiger partial charge in [0.25, 0.3) is 0 Å². The molecule has 29 heavy (non-hydrogen) atoms. The number of anilines is 1. The molecule has 1 aromatic heterocycles. The minimum absolute atomic E-state index is 0.0649. The monoisotopic (exact) mass is 385 g/mol. The number of rotatable bonds is 6. The second-order valence-corrected chi connectivity index (χ2v) is 7.19. The molecule has 5 heteroatoms. The van der Waals surface area contributed by atoms with Crippen LogP contribution >= 0.6 is 0 Å². The first-order chi connectivity index (χ1) is 14.0. The average molecular weight is 385 g/mol. The van der Waals surface area contributed by atoms with E-state index in [2.05, 4.69) is 11.0 Å². The molecule has 0 radical (unpaired) electrons. The Kier molecular flexibility index (Phi) is 5.25. The molecule has 0 aliphatic rings. The van der Waals surface area contributed by atoms with Crippen LogP contribution < -0.4 is 11.0 Å². The lowest BCUT2D eigenvalue weighted by molar-refractivity contribution is 0.00515. The summed E-state index contributed by atoms with van der Waals surface area (Å²) in [5.41, 5.74) is 11.2. The molecule has 0 aliphatic carbocycles. The number of aromatic nitrogens is 1. The van der Waals surface area contributed by atoms with Crippen molar-refractivity contribution in [2.24, 2.45) is 0 Å². The van der Waals surface area contributed by atoms with E-state index in [9.17, 15) is 4.79 Å². The van der Waals surface area contributed by atoms with E-state index >= 15 is 0 Å². The van der Waals surface area contributed by atoms with Crippen LogP contribution in [0.3, 0.4) is 0 Å². The average Bonchev–Trinajstić information content (AvgIpc) is 2.74. The number of carbonyl (C=O) groups is 1. The highest BCUT2D eigenvalue weighted by Crippen LogP contribution is 2.30. The van der Waals surface area contributed by atoms with E-state index in [1.807, 2.05) is 80.6 Å². The summed E-state index contributed by atoms with van der Waals surface area (Å²) in [6.07, 6.45) is -0.651. The van der Waals surface area contributed by atoms with Crippen molar-refractivity contribution >= 4 is 33.3 Å². The number of para-hydroxylation sites is 2. The molecular formula is C24H23N3O2. The third-order valence-electron chi connectivity index (χ3n) is 5.03. The molecule has 2 N–H and O–H groups in total. The number of hydrazine groups is 1. The fourth-order valence-electron chi connectivity index (χ4n) is 3.42. The van der Waals surface area contributed by atoms with Gasteiger partial charge in [0.15, 0.2) is 5.78 Å². The fourth-order valence-corrected chi connectivity index (χ4v) is 3.42. The van der Waals surface area contributed by atoms with Gasteiger partial charge in [-0.2, -0.15) is 0 Å². The van der Waals surface area contributed by atoms with Crippen molar-refractivity contribution < 1.29 is 9.63 Å². The van der Waals surface area contributed by atoms with Gasteiger partial charge in [0.05, 0.1) is 16.7 Å². The summed E-state index contributed by atoms with van der Waals surface area (Å²) in [5.74, 6) is -0.0649. The summed E-state index contributed by atoms with van der Waals surface area (Å²) in [5, 5.41) is 1.94. The first-order valence-electron chi connectivity index (χ1n) is 9.60. The molecule has 3 aromatic carbocycles. The molecule has 0 bridgehead atoms. The van der Waals surface area contributed by atoms with Crippen molar-refractivity contribution in [2.45, 2.75) is 26.9 Å². The number of fused-ring (bicyclic) bond motifs is 2. The molecule has 5 nitrogen and oxygen atoms in total. The largest absolute Gasteiger partial charge is 0.297 e. The smallest absolute Gasteiger partial charge is 0.193 e. The number of aryl methyl sites for hydroxylation is 2. The van der Waals surface area contributed by atoms with Gasteiger partial charge in [-0.15, -0.1) is 5.59 Å². The number of nitrogens with one attached hydrogen (secondary N) is 2. The van der Waals surface area contributed by atoms with E-state index in [0.29, 0.717) is 5.56 Å². The Bertz CT molecular complexity index is 1150. The summed E-state index contributed by atoms with van der Waals surface area (Å²) in [7, 11) is 0. The van der Waals surface area contributed by atoms with Gasteiger partial charge in [-0.1, -0.05) is 54.1 Å². The van der Waals surface area contributed by atoms with Crippen LogP contribution in [0.2, 0.25) is 0 Å². The molecule has 4 rings (SSSR count). The first kappa shape index (κ1) is 19.1. The molecule has 0 fully saturated rings. The lowest BCUT2D eigenvalue weighted by Gasteiger charge is -2.17. The van der Waals surface area contributed by atoms with Crippen LogP contribution in [0.5, 0.6) is 0 Å². The Hall–Kier alpha value is -3.28. The van der Waals surface area contributed by atoms with Crippen LogP contribution in [0.1, 0.15) is 28.4 Å². The van der Waals surface area contributed by atoms with Gasteiger partial charge < -0.3 is 0 Å². The third-order valence-corrected chi connectivity index (χ3v) is 5.03. The zero-order valence-electron chi connectivity index (χ0n) is 16.7. The molecule has 146 valence electrons. The zero-order chi connectivity index (χ0) is 20.4. The molecule has 0 spiro atoms. The van der Waals surface area contributed by atoms with Crippen molar-refractivity contribution in [3.63, 3.8) is 0 Å². The highest BCUT2D eigenvalue weighted by Gasteiger charge is 2.18. The fraction of sp³-hybridized carbons (Fsp3) is 0.167. The van der Waals surface area contributed by atoms with Crippen molar-refractivity contribution in [3.8, 4) is 0 Å². The van der Waals surface area contributed by atoms with E-state index in [-0.39, 0.29) is 5.78 Å². The highest BCUT2D eigenvalue weighted by molar-refractivity contribution is 6.07. The van der Waals surface area contributed by atoms with Gasteiger partial charge in [-0.3, -0.25) is 15.1 Å². The van der Waals surface area contributed by atoms with Gasteiger partial charge in [0, 0.05) is 16.3 Å². The van der Waals surface area contributed by atoms with Crippen molar-refractivity contribution in [3.05, 3.63) is 83.4 Å². The summed E-state index contributed by atoms with van der Waals surface area (Å²) < 4.78 is 0. The summed E-state index contributed by atoms with van der Waals surface area (Å²) in [6.45, 7) is 5.64. The number of Topliss-reactive ketones (excluding diaryl/α,β-unsaturated/α-hetero) is 1. The van der Waals surface area contributed by atoms with Crippen LogP contribution in [-0.4, -0.2) is 16.9 Å². The van der Waals surface area contributed by atoms with E-state index < -0.39 is 6.10 Å². The SMILES string of the molecule is Cc1ccc(C)c(C(=O)C(C)ONNc2c3ccccc3nc3ccccc23)c1. The number of ketones is 1. The number of nitrogens with zero attached hydrogens (tertiary/aromatic N) is 1. The van der Waals surface area contributed by atoms with Crippen LogP contribution in [0.4, 0.5) is 5.69 Å². The normalized spacial score (nSPS) is 12.2. The Morgan fingerprint density at radius 1 is 0.931 bits per heavy atom. The topological polar surface area (TPSA) is 63.2 Å². The molecule has 4 aromatic rings. The van der Waals surface area contributed by atoms with Crippen LogP contribution in [0.25, 0.3) is 21.8 Å². The van der Waals surface area contributed by atoms with Gasteiger partial charge in [0.1, 0.15) is 6.10 Å². The summed E-state index contributed by atoms with van der Waals surface area (Å²) in [6, 6.07) is 21.7. The third kappa shape index (κ3) is 3.83. The second-order valence-electron chi connectivity index (χ2n) is 7.19. The van der Waals surface area contributed by atoms with Crippen LogP contribution in [0.15, 0.2) is 66.7 Å². The maximum atomic E-state index is 12.8. The lowest BCUT2D eigenvalue weighted by atomic mass is 9.99. The lowest BCUT2D eigenvalue weighted by Crippen LogP contribution is -2.32. The predicted molar refractivity (Wildman–Crippen MR) is 117 cm³/mol. The minimum atomic E-state index is -0.651. The Labute approximate surface area is 169 Å². The molecule has 0 aliphatic heterocycles. The number of hydrogen-bond donors (Lipinski definition) is 2. The van der Waals surface area contributed by atoms with Gasteiger partial charge in [0.2, 0.25) is 0 Å². The molecule has 1 atom stereocenters. The standard InChI is InChI=1S/C24H23N3O2/c1-15-12-13-16(2)20(14-15)24(28)17(3)29-27-26-23-18-8-4-6-10-21(18)25-22-11-7-5-9-19(22)23/h4-14,17,27H,1-3H3,(H,25,26). The second kappa shape index (κ2) is 7.99. The minimum Gasteiger partial charge on any atom is -0.297 e. The first-order valence-corrected chi connectivity index (χ1v) is 9.60. The van der Waals surface area contributed by atoms with Crippen molar-refractivity contribution in [1.82, 2.24) is 10.6 Å². The number of carbonyl (C=O) groups excluding carboxylic acids is 1. The maximum Gasteiger partial charge on any atom is 0.193 e. The molecule has 0 saturated heterocycles. The summed E-state index contributed by atoms with van der Waals surface area (Å²) >= 11 is 0. The van der Waals surface area contributed by atoms with E-state index in [1.165, 1.54) is 0 Å². The highest BCUT2D eigenvalue weighted by atomic mass is 16.7. The molecular weight excluding hydrogens is 362 g/mol. The Morgan fingerprint density at radius 3 is 2.21 bits per heavy atom.